The van der Waals surface area contributed by atoms with Crippen LogP contribution in [-0.4, -0.2) is 26.3 Å². The molecule has 0 amide bonds. The van der Waals surface area contributed by atoms with Crippen molar-refractivity contribution in [2.45, 2.75) is 32.6 Å². The van der Waals surface area contributed by atoms with Crippen LogP contribution in [-0.2, 0) is 14.3 Å². The van der Waals surface area contributed by atoms with Crippen LogP contribution in [0.2, 0.25) is 0 Å². The molecule has 1 rings (SSSR count). The fourth-order valence-electron chi connectivity index (χ4n) is 2.19. The van der Waals surface area contributed by atoms with E-state index in [0.29, 0.717) is 19.1 Å². The second-order valence-corrected chi connectivity index (χ2v) is 3.86. The zero-order valence-corrected chi connectivity index (χ0v) is 9.12. The molecule has 3 heteroatoms. The molecule has 0 aromatic rings. The molecule has 1 saturated carbocycles. The maximum Gasteiger partial charge on any atom is 0.311 e. The van der Waals surface area contributed by atoms with Gasteiger partial charge in [0.2, 0.25) is 0 Å². The lowest BCUT2D eigenvalue weighted by molar-refractivity contribution is -0.152. The van der Waals surface area contributed by atoms with Crippen LogP contribution in [0.5, 0.6) is 0 Å². The lowest BCUT2D eigenvalue weighted by Gasteiger charge is -2.20. The molecular formula is C11H20O3. The smallest absolute Gasteiger partial charge is 0.311 e. The van der Waals surface area contributed by atoms with E-state index in [9.17, 15) is 4.79 Å². The van der Waals surface area contributed by atoms with Gasteiger partial charge in [-0.05, 0) is 25.7 Å². The third-order valence-electron chi connectivity index (χ3n) is 2.90. The summed E-state index contributed by atoms with van der Waals surface area (Å²) in [5.74, 6) is 0.359. The van der Waals surface area contributed by atoms with Crippen molar-refractivity contribution in [3.05, 3.63) is 0 Å². The first-order chi connectivity index (χ1) is 6.79. The summed E-state index contributed by atoms with van der Waals surface area (Å²) < 4.78 is 10.1. The molecule has 0 heterocycles. The largest absolute Gasteiger partial charge is 0.466 e. The minimum absolute atomic E-state index is 0.0394. The first-order valence-corrected chi connectivity index (χ1v) is 5.45. The van der Waals surface area contributed by atoms with Crippen LogP contribution in [0, 0.1) is 11.8 Å². The highest BCUT2D eigenvalue weighted by molar-refractivity contribution is 5.73. The van der Waals surface area contributed by atoms with Gasteiger partial charge >= 0.3 is 5.97 Å². The predicted molar refractivity (Wildman–Crippen MR) is 54.0 cm³/mol. The van der Waals surface area contributed by atoms with Gasteiger partial charge < -0.3 is 9.47 Å². The summed E-state index contributed by atoms with van der Waals surface area (Å²) in [4.78, 5) is 11.6. The molecule has 0 N–H and O–H groups in total. The van der Waals surface area contributed by atoms with Crippen molar-refractivity contribution in [3.63, 3.8) is 0 Å². The van der Waals surface area contributed by atoms with Crippen molar-refractivity contribution in [2.75, 3.05) is 20.3 Å². The molecular weight excluding hydrogens is 180 g/mol. The average Bonchev–Trinajstić information content (AvgIpc) is 2.67. The number of hydrogen-bond donors (Lipinski definition) is 0. The molecule has 0 radical (unpaired) electrons. The molecule has 1 unspecified atom stereocenters. The number of carbonyl (C=O) groups excluding carboxylic acids is 1. The van der Waals surface area contributed by atoms with Crippen LogP contribution in [0.15, 0.2) is 0 Å². The lowest BCUT2D eigenvalue weighted by atomic mass is 9.91. The monoisotopic (exact) mass is 200 g/mol. The summed E-state index contributed by atoms with van der Waals surface area (Å²) in [6.07, 6.45) is 4.77. The Morgan fingerprint density at radius 3 is 2.57 bits per heavy atom. The van der Waals surface area contributed by atoms with Gasteiger partial charge in [-0.15, -0.1) is 0 Å². The first kappa shape index (κ1) is 11.5. The molecule has 0 aromatic heterocycles. The van der Waals surface area contributed by atoms with Crippen LogP contribution in [0.1, 0.15) is 32.6 Å². The van der Waals surface area contributed by atoms with Crippen LogP contribution in [0.3, 0.4) is 0 Å². The van der Waals surface area contributed by atoms with E-state index in [1.54, 1.807) is 7.11 Å². The van der Waals surface area contributed by atoms with Crippen LogP contribution < -0.4 is 0 Å². The van der Waals surface area contributed by atoms with Crippen LogP contribution >= 0.6 is 0 Å². The second kappa shape index (κ2) is 6.02. The number of carbonyl (C=O) groups is 1. The Balaban J connectivity index is 2.48. The van der Waals surface area contributed by atoms with E-state index in [1.165, 1.54) is 12.8 Å². The highest BCUT2D eigenvalue weighted by Crippen LogP contribution is 2.32. The normalized spacial score (nSPS) is 19.6. The van der Waals surface area contributed by atoms with Crippen molar-refractivity contribution < 1.29 is 14.3 Å². The van der Waals surface area contributed by atoms with Gasteiger partial charge in [0.15, 0.2) is 0 Å². The molecule has 1 atom stereocenters. The number of esters is 1. The van der Waals surface area contributed by atoms with E-state index in [2.05, 4.69) is 0 Å². The Morgan fingerprint density at radius 1 is 1.43 bits per heavy atom. The highest BCUT2D eigenvalue weighted by Gasteiger charge is 2.31. The quantitative estimate of drug-likeness (QED) is 0.637. The number of methoxy groups -OCH3 is 1. The lowest BCUT2D eigenvalue weighted by Crippen LogP contribution is -2.28. The molecule has 0 aromatic carbocycles. The third kappa shape index (κ3) is 2.98. The van der Waals surface area contributed by atoms with Crippen molar-refractivity contribution in [3.8, 4) is 0 Å². The average molecular weight is 200 g/mol. The fraction of sp³-hybridized carbons (Fsp3) is 0.909. The topological polar surface area (TPSA) is 35.5 Å². The van der Waals surface area contributed by atoms with Gasteiger partial charge in [-0.25, -0.2) is 0 Å². The predicted octanol–water partition coefficient (Wildman–Crippen LogP) is 2.00. The Hall–Kier alpha value is -0.570. The van der Waals surface area contributed by atoms with E-state index in [1.807, 2.05) is 6.92 Å². The highest BCUT2D eigenvalue weighted by atomic mass is 16.5. The van der Waals surface area contributed by atoms with Gasteiger partial charge in [0, 0.05) is 7.11 Å². The van der Waals surface area contributed by atoms with Gasteiger partial charge in [0.1, 0.15) is 0 Å². The number of ether oxygens (including phenoxy) is 2. The minimum Gasteiger partial charge on any atom is -0.466 e. The zero-order valence-electron chi connectivity index (χ0n) is 9.12. The summed E-state index contributed by atoms with van der Waals surface area (Å²) in [5.41, 5.74) is 0. The van der Waals surface area contributed by atoms with Gasteiger partial charge in [0.05, 0.1) is 19.1 Å². The molecule has 0 bridgehead atoms. The molecule has 3 nitrogen and oxygen atoms in total. The van der Waals surface area contributed by atoms with Crippen molar-refractivity contribution in [1.29, 1.82) is 0 Å². The first-order valence-electron chi connectivity index (χ1n) is 5.45. The Labute approximate surface area is 85.8 Å². The molecule has 0 spiro atoms. The Bertz CT molecular complexity index is 173. The molecule has 1 aliphatic rings. The summed E-state index contributed by atoms with van der Waals surface area (Å²) in [6, 6.07) is 0. The Kier molecular flexibility index (Phi) is 4.94. The molecule has 0 aliphatic heterocycles. The van der Waals surface area contributed by atoms with E-state index < -0.39 is 0 Å². The summed E-state index contributed by atoms with van der Waals surface area (Å²) in [5, 5.41) is 0. The number of rotatable bonds is 5. The second-order valence-electron chi connectivity index (χ2n) is 3.86. The van der Waals surface area contributed by atoms with Crippen LogP contribution in [0.25, 0.3) is 0 Å². The molecule has 14 heavy (non-hydrogen) atoms. The summed E-state index contributed by atoms with van der Waals surface area (Å²) >= 11 is 0. The van der Waals surface area contributed by atoms with Crippen molar-refractivity contribution >= 4 is 5.97 Å². The van der Waals surface area contributed by atoms with E-state index in [0.717, 1.165) is 12.8 Å². The van der Waals surface area contributed by atoms with E-state index in [-0.39, 0.29) is 11.9 Å². The van der Waals surface area contributed by atoms with E-state index in [4.69, 9.17) is 9.47 Å². The maximum absolute atomic E-state index is 11.6. The van der Waals surface area contributed by atoms with Crippen molar-refractivity contribution in [2.24, 2.45) is 11.8 Å². The molecule has 0 saturated heterocycles. The summed E-state index contributed by atoms with van der Waals surface area (Å²) in [6.45, 7) is 2.81. The SMILES string of the molecule is CCOC(=O)C(COC)C1CCCC1. The standard InChI is InChI=1S/C11H20O3/c1-3-14-11(12)10(8-13-2)9-6-4-5-7-9/h9-10H,3-8H2,1-2H3. The summed E-state index contributed by atoms with van der Waals surface area (Å²) in [7, 11) is 1.64. The van der Waals surface area contributed by atoms with Gasteiger partial charge in [-0.1, -0.05) is 12.8 Å². The van der Waals surface area contributed by atoms with Gasteiger partial charge in [-0.2, -0.15) is 0 Å². The number of hydrogen-bond acceptors (Lipinski definition) is 3. The molecule has 82 valence electrons. The van der Waals surface area contributed by atoms with E-state index >= 15 is 0 Å². The van der Waals surface area contributed by atoms with Crippen molar-refractivity contribution in [1.82, 2.24) is 0 Å². The third-order valence-corrected chi connectivity index (χ3v) is 2.90. The molecule has 1 fully saturated rings. The maximum atomic E-state index is 11.6. The minimum atomic E-state index is -0.0822. The Morgan fingerprint density at radius 2 is 2.07 bits per heavy atom. The van der Waals surface area contributed by atoms with Gasteiger partial charge in [-0.3, -0.25) is 4.79 Å². The van der Waals surface area contributed by atoms with Crippen LogP contribution in [0.4, 0.5) is 0 Å². The van der Waals surface area contributed by atoms with Gasteiger partial charge in [0.25, 0.3) is 0 Å². The fourth-order valence-corrected chi connectivity index (χ4v) is 2.19. The molecule has 1 aliphatic carbocycles. The zero-order chi connectivity index (χ0) is 10.4.